The fourth-order valence-corrected chi connectivity index (χ4v) is 2.87. The molecule has 0 saturated carbocycles. The third kappa shape index (κ3) is 2.57. The standard InChI is InChI=1S/C21H16N2O/c24-19-13-7-12-18(14-19)23-15-22-20(16-8-3-1-4-9-16)21(23)17-10-5-2-6-11-17/h1-15,24H. The topological polar surface area (TPSA) is 38.0 Å². The molecule has 0 atom stereocenters. The Kier molecular flexibility index (Phi) is 3.60. The van der Waals surface area contributed by atoms with Gasteiger partial charge in [-0.05, 0) is 12.1 Å². The molecule has 0 unspecified atom stereocenters. The first-order chi connectivity index (χ1) is 11.8. The lowest BCUT2D eigenvalue weighted by atomic mass is 10.0. The predicted molar refractivity (Wildman–Crippen MR) is 96.1 cm³/mol. The lowest BCUT2D eigenvalue weighted by Crippen LogP contribution is -1.96. The minimum absolute atomic E-state index is 0.237. The van der Waals surface area contributed by atoms with Crippen LogP contribution in [0, 0.1) is 0 Å². The number of nitrogens with zero attached hydrogens (tertiary/aromatic N) is 2. The van der Waals surface area contributed by atoms with Gasteiger partial charge in [0.05, 0.1) is 17.1 Å². The van der Waals surface area contributed by atoms with Crippen molar-refractivity contribution in [2.75, 3.05) is 0 Å². The van der Waals surface area contributed by atoms with Crippen LogP contribution in [-0.4, -0.2) is 14.7 Å². The molecular weight excluding hydrogens is 296 g/mol. The van der Waals surface area contributed by atoms with Crippen LogP contribution in [0.4, 0.5) is 0 Å². The summed E-state index contributed by atoms with van der Waals surface area (Å²) in [5.74, 6) is 0.237. The highest BCUT2D eigenvalue weighted by Gasteiger charge is 2.15. The number of hydrogen-bond donors (Lipinski definition) is 1. The third-order valence-corrected chi connectivity index (χ3v) is 3.97. The molecule has 0 aliphatic heterocycles. The summed E-state index contributed by atoms with van der Waals surface area (Å²) in [5, 5.41) is 9.83. The summed E-state index contributed by atoms with van der Waals surface area (Å²) in [6, 6.07) is 27.5. The summed E-state index contributed by atoms with van der Waals surface area (Å²) < 4.78 is 2.01. The number of phenolic OH excluding ortho intramolecular Hbond substituents is 1. The first-order valence-electron chi connectivity index (χ1n) is 7.80. The monoisotopic (exact) mass is 312 g/mol. The summed E-state index contributed by atoms with van der Waals surface area (Å²) in [5.41, 5.74) is 4.95. The molecule has 4 aromatic rings. The molecule has 3 heteroatoms. The number of hydrogen-bond acceptors (Lipinski definition) is 2. The zero-order valence-electron chi connectivity index (χ0n) is 13.0. The third-order valence-electron chi connectivity index (χ3n) is 3.97. The van der Waals surface area contributed by atoms with E-state index < -0.39 is 0 Å². The fraction of sp³-hybridized carbons (Fsp3) is 0. The van der Waals surface area contributed by atoms with Crippen LogP contribution in [0.25, 0.3) is 28.2 Å². The second kappa shape index (κ2) is 6.05. The molecule has 116 valence electrons. The van der Waals surface area contributed by atoms with Gasteiger partial charge in [-0.1, -0.05) is 66.7 Å². The van der Waals surface area contributed by atoms with E-state index in [0.29, 0.717) is 0 Å². The molecule has 4 rings (SSSR count). The number of aromatic nitrogens is 2. The Morgan fingerprint density at radius 3 is 2.04 bits per heavy atom. The van der Waals surface area contributed by atoms with E-state index in [4.69, 9.17) is 0 Å². The molecule has 0 bridgehead atoms. The lowest BCUT2D eigenvalue weighted by Gasteiger charge is -2.11. The molecule has 0 saturated heterocycles. The van der Waals surface area contributed by atoms with Gasteiger partial charge in [-0.15, -0.1) is 0 Å². The van der Waals surface area contributed by atoms with E-state index in [1.54, 1.807) is 18.5 Å². The van der Waals surface area contributed by atoms with Crippen LogP contribution in [-0.2, 0) is 0 Å². The molecule has 3 nitrogen and oxygen atoms in total. The van der Waals surface area contributed by atoms with Gasteiger partial charge >= 0.3 is 0 Å². The summed E-state index contributed by atoms with van der Waals surface area (Å²) in [7, 11) is 0. The van der Waals surface area contributed by atoms with E-state index in [9.17, 15) is 5.11 Å². The minimum atomic E-state index is 0.237. The Balaban J connectivity index is 1.97. The Bertz CT molecular complexity index is 960. The van der Waals surface area contributed by atoms with E-state index in [0.717, 1.165) is 28.2 Å². The van der Waals surface area contributed by atoms with Crippen molar-refractivity contribution in [1.82, 2.24) is 9.55 Å². The van der Waals surface area contributed by atoms with Crippen molar-refractivity contribution in [3.05, 3.63) is 91.3 Å². The maximum absolute atomic E-state index is 9.83. The molecule has 1 heterocycles. The molecule has 3 aromatic carbocycles. The Morgan fingerprint density at radius 1 is 0.708 bits per heavy atom. The molecule has 1 N–H and O–H groups in total. The average Bonchev–Trinajstić information content (AvgIpc) is 3.08. The molecule has 0 aliphatic rings. The largest absolute Gasteiger partial charge is 0.508 e. The Hall–Kier alpha value is -3.33. The average molecular weight is 312 g/mol. The first-order valence-corrected chi connectivity index (χ1v) is 7.80. The SMILES string of the molecule is Oc1cccc(-n2cnc(-c3ccccc3)c2-c2ccccc2)c1. The molecule has 0 fully saturated rings. The molecule has 0 amide bonds. The highest BCUT2D eigenvalue weighted by Crippen LogP contribution is 2.33. The van der Waals surface area contributed by atoms with Crippen molar-refractivity contribution >= 4 is 0 Å². The number of aromatic hydroxyl groups is 1. The van der Waals surface area contributed by atoms with Crippen molar-refractivity contribution in [1.29, 1.82) is 0 Å². The zero-order valence-corrected chi connectivity index (χ0v) is 13.0. The summed E-state index contributed by atoms with van der Waals surface area (Å²) in [6.07, 6.45) is 1.80. The number of imidazole rings is 1. The predicted octanol–water partition coefficient (Wildman–Crippen LogP) is 4.91. The van der Waals surface area contributed by atoms with Gasteiger partial charge in [0.25, 0.3) is 0 Å². The molecular formula is C21H16N2O. The summed E-state index contributed by atoms with van der Waals surface area (Å²) >= 11 is 0. The van der Waals surface area contributed by atoms with Gasteiger partial charge in [-0.25, -0.2) is 4.98 Å². The maximum atomic E-state index is 9.83. The van der Waals surface area contributed by atoms with Gasteiger partial charge < -0.3 is 5.11 Å². The van der Waals surface area contributed by atoms with Gasteiger partial charge in [-0.2, -0.15) is 0 Å². The van der Waals surface area contributed by atoms with Crippen molar-refractivity contribution in [2.45, 2.75) is 0 Å². The smallest absolute Gasteiger partial charge is 0.117 e. The van der Waals surface area contributed by atoms with Gasteiger partial charge in [-0.3, -0.25) is 4.57 Å². The van der Waals surface area contributed by atoms with Crippen LogP contribution >= 0.6 is 0 Å². The normalized spacial score (nSPS) is 10.7. The number of phenols is 1. The second-order valence-corrected chi connectivity index (χ2v) is 5.56. The maximum Gasteiger partial charge on any atom is 0.117 e. The van der Waals surface area contributed by atoms with Gasteiger partial charge in [0.1, 0.15) is 12.1 Å². The van der Waals surface area contributed by atoms with Crippen molar-refractivity contribution < 1.29 is 5.11 Å². The lowest BCUT2D eigenvalue weighted by molar-refractivity contribution is 0.475. The van der Waals surface area contributed by atoms with E-state index in [1.807, 2.05) is 53.1 Å². The van der Waals surface area contributed by atoms with Gasteiger partial charge in [0.15, 0.2) is 0 Å². The first kappa shape index (κ1) is 14.3. The van der Waals surface area contributed by atoms with E-state index in [1.165, 1.54) is 0 Å². The minimum Gasteiger partial charge on any atom is -0.508 e. The molecule has 0 spiro atoms. The van der Waals surface area contributed by atoms with Crippen LogP contribution in [0.5, 0.6) is 5.75 Å². The Morgan fingerprint density at radius 2 is 1.38 bits per heavy atom. The van der Waals surface area contributed by atoms with Crippen molar-refractivity contribution in [2.24, 2.45) is 0 Å². The van der Waals surface area contributed by atoms with Crippen LogP contribution in [0.2, 0.25) is 0 Å². The van der Waals surface area contributed by atoms with Crippen molar-refractivity contribution in [3.8, 4) is 34.0 Å². The van der Waals surface area contributed by atoms with Gasteiger partial charge in [0, 0.05) is 17.2 Å². The summed E-state index contributed by atoms with van der Waals surface area (Å²) in [4.78, 5) is 4.65. The number of rotatable bonds is 3. The molecule has 0 radical (unpaired) electrons. The zero-order chi connectivity index (χ0) is 16.4. The molecule has 24 heavy (non-hydrogen) atoms. The quantitative estimate of drug-likeness (QED) is 0.583. The fourth-order valence-electron chi connectivity index (χ4n) is 2.87. The van der Waals surface area contributed by atoms with E-state index in [-0.39, 0.29) is 5.75 Å². The van der Waals surface area contributed by atoms with Gasteiger partial charge in [0.2, 0.25) is 0 Å². The second-order valence-electron chi connectivity index (χ2n) is 5.56. The summed E-state index contributed by atoms with van der Waals surface area (Å²) in [6.45, 7) is 0. The Labute approximate surface area is 140 Å². The van der Waals surface area contributed by atoms with E-state index in [2.05, 4.69) is 29.2 Å². The van der Waals surface area contributed by atoms with E-state index >= 15 is 0 Å². The molecule has 0 aliphatic carbocycles. The van der Waals surface area contributed by atoms with Crippen LogP contribution in [0.15, 0.2) is 91.3 Å². The highest BCUT2D eigenvalue weighted by atomic mass is 16.3. The highest BCUT2D eigenvalue weighted by molar-refractivity contribution is 5.80. The van der Waals surface area contributed by atoms with Crippen LogP contribution in [0.3, 0.4) is 0 Å². The van der Waals surface area contributed by atoms with Crippen molar-refractivity contribution in [3.63, 3.8) is 0 Å². The molecule has 1 aromatic heterocycles. The number of benzene rings is 3. The van der Waals surface area contributed by atoms with Crippen LogP contribution < -0.4 is 0 Å². The van der Waals surface area contributed by atoms with Crippen LogP contribution in [0.1, 0.15) is 0 Å².